The van der Waals surface area contributed by atoms with Crippen LogP contribution in [0.1, 0.15) is 47.9 Å². The highest BCUT2D eigenvalue weighted by molar-refractivity contribution is 5.34. The van der Waals surface area contributed by atoms with Crippen molar-refractivity contribution >= 4 is 0 Å². The zero-order valence-electron chi connectivity index (χ0n) is 10.7. The van der Waals surface area contributed by atoms with Crippen LogP contribution in [0.15, 0.2) is 42.7 Å². The lowest BCUT2D eigenvalue weighted by atomic mass is 9.79. The zero-order chi connectivity index (χ0) is 13.2. The van der Waals surface area contributed by atoms with E-state index in [4.69, 9.17) is 5.73 Å². The van der Waals surface area contributed by atoms with E-state index in [9.17, 15) is 4.39 Å². The molecule has 3 rings (SSSR count). The van der Waals surface area contributed by atoms with Crippen LogP contribution < -0.4 is 5.73 Å². The fourth-order valence-corrected chi connectivity index (χ4v) is 2.54. The number of rotatable bonds is 3. The number of pyridine rings is 1. The van der Waals surface area contributed by atoms with E-state index in [-0.39, 0.29) is 11.9 Å². The van der Waals surface area contributed by atoms with Crippen LogP contribution in [0.25, 0.3) is 0 Å². The van der Waals surface area contributed by atoms with Gasteiger partial charge in [-0.15, -0.1) is 0 Å². The topological polar surface area (TPSA) is 38.9 Å². The molecule has 1 heterocycles. The van der Waals surface area contributed by atoms with E-state index in [0.29, 0.717) is 11.5 Å². The first-order valence-electron chi connectivity index (χ1n) is 6.70. The molecule has 0 aliphatic heterocycles. The van der Waals surface area contributed by atoms with Gasteiger partial charge >= 0.3 is 0 Å². The van der Waals surface area contributed by atoms with E-state index in [2.05, 4.69) is 17.1 Å². The Morgan fingerprint density at radius 2 is 2.00 bits per heavy atom. The van der Waals surface area contributed by atoms with Crippen molar-refractivity contribution in [1.82, 2.24) is 4.98 Å². The fraction of sp³-hybridized carbons (Fsp3) is 0.312. The maximum Gasteiger partial charge on any atom is 0.141 e. The Kier molecular flexibility index (Phi) is 3.30. The van der Waals surface area contributed by atoms with E-state index in [1.165, 1.54) is 37.1 Å². The molecule has 0 radical (unpaired) electrons. The monoisotopic (exact) mass is 256 g/mol. The molecule has 1 atom stereocenters. The molecule has 1 aromatic heterocycles. The van der Waals surface area contributed by atoms with Crippen LogP contribution in [-0.2, 0) is 0 Å². The van der Waals surface area contributed by atoms with Crippen molar-refractivity contribution in [2.24, 2.45) is 5.73 Å². The van der Waals surface area contributed by atoms with Crippen LogP contribution in [0.4, 0.5) is 4.39 Å². The highest BCUT2D eigenvalue weighted by atomic mass is 19.1. The quantitative estimate of drug-likeness (QED) is 0.912. The molecule has 0 amide bonds. The Morgan fingerprint density at radius 3 is 2.68 bits per heavy atom. The second-order valence-corrected chi connectivity index (χ2v) is 5.21. The van der Waals surface area contributed by atoms with Crippen LogP contribution in [0.3, 0.4) is 0 Å². The highest BCUT2D eigenvalue weighted by Gasteiger charge is 2.20. The second kappa shape index (κ2) is 5.10. The predicted molar refractivity (Wildman–Crippen MR) is 73.3 cm³/mol. The summed E-state index contributed by atoms with van der Waals surface area (Å²) in [6, 6.07) is 9.48. The zero-order valence-corrected chi connectivity index (χ0v) is 10.7. The lowest BCUT2D eigenvalue weighted by Crippen LogP contribution is -2.14. The molecule has 1 aliphatic rings. The van der Waals surface area contributed by atoms with E-state index in [1.54, 1.807) is 6.20 Å². The van der Waals surface area contributed by atoms with Crippen molar-refractivity contribution in [3.63, 3.8) is 0 Å². The molecule has 3 heteroatoms. The molecule has 2 N–H and O–H groups in total. The molecule has 2 nitrogen and oxygen atoms in total. The van der Waals surface area contributed by atoms with Gasteiger partial charge in [0.2, 0.25) is 0 Å². The minimum absolute atomic E-state index is 0.316. The standard InChI is InChI=1S/C16H17FN2/c17-15-8-14(9-19-10-15)16(18)13-6-2-5-12(7-13)11-3-1-4-11/h2,5-11,16H,1,3-4,18H2. The SMILES string of the molecule is NC(c1cncc(F)c1)c1cccc(C2CCC2)c1. The molecule has 1 saturated carbocycles. The van der Waals surface area contributed by atoms with Crippen molar-refractivity contribution in [3.05, 3.63) is 65.2 Å². The molecule has 0 spiro atoms. The van der Waals surface area contributed by atoms with Crippen molar-refractivity contribution in [2.45, 2.75) is 31.2 Å². The van der Waals surface area contributed by atoms with Gasteiger partial charge in [-0.05, 0) is 41.5 Å². The number of nitrogens with zero attached hydrogens (tertiary/aromatic N) is 1. The first kappa shape index (κ1) is 12.3. The summed E-state index contributed by atoms with van der Waals surface area (Å²) in [7, 11) is 0. The first-order chi connectivity index (χ1) is 9.24. The minimum Gasteiger partial charge on any atom is -0.320 e. The van der Waals surface area contributed by atoms with Crippen molar-refractivity contribution < 1.29 is 4.39 Å². The Hall–Kier alpha value is -1.74. The van der Waals surface area contributed by atoms with Crippen LogP contribution in [-0.4, -0.2) is 4.98 Å². The Balaban J connectivity index is 1.88. The summed E-state index contributed by atoms with van der Waals surface area (Å²) in [6.07, 6.45) is 6.67. The van der Waals surface area contributed by atoms with Gasteiger partial charge in [0, 0.05) is 6.20 Å². The van der Waals surface area contributed by atoms with E-state index in [0.717, 1.165) is 5.56 Å². The van der Waals surface area contributed by atoms with Crippen LogP contribution in [0.5, 0.6) is 0 Å². The molecule has 1 fully saturated rings. The third kappa shape index (κ3) is 2.51. The second-order valence-electron chi connectivity index (χ2n) is 5.21. The smallest absolute Gasteiger partial charge is 0.141 e. The number of nitrogens with two attached hydrogens (primary N) is 1. The number of aromatic nitrogens is 1. The van der Waals surface area contributed by atoms with E-state index < -0.39 is 0 Å². The molecule has 19 heavy (non-hydrogen) atoms. The van der Waals surface area contributed by atoms with Gasteiger partial charge in [-0.25, -0.2) is 4.39 Å². The van der Waals surface area contributed by atoms with Gasteiger partial charge in [0.1, 0.15) is 5.82 Å². The van der Waals surface area contributed by atoms with Crippen molar-refractivity contribution in [1.29, 1.82) is 0 Å². The summed E-state index contributed by atoms with van der Waals surface area (Å²) in [5.74, 6) is 0.334. The lowest BCUT2D eigenvalue weighted by molar-refractivity contribution is 0.419. The van der Waals surface area contributed by atoms with Gasteiger partial charge in [-0.1, -0.05) is 30.7 Å². The average molecular weight is 256 g/mol. The van der Waals surface area contributed by atoms with E-state index in [1.807, 2.05) is 12.1 Å². The number of hydrogen-bond acceptors (Lipinski definition) is 2. The van der Waals surface area contributed by atoms with Gasteiger partial charge in [0.25, 0.3) is 0 Å². The molecule has 1 aromatic carbocycles. The fourth-order valence-electron chi connectivity index (χ4n) is 2.54. The highest BCUT2D eigenvalue weighted by Crippen LogP contribution is 2.37. The molecular weight excluding hydrogens is 239 g/mol. The molecular formula is C16H17FN2. The van der Waals surface area contributed by atoms with Gasteiger partial charge in [0.15, 0.2) is 0 Å². The molecule has 0 saturated heterocycles. The Labute approximate surface area is 112 Å². The van der Waals surface area contributed by atoms with Crippen LogP contribution in [0.2, 0.25) is 0 Å². The average Bonchev–Trinajstić information content (AvgIpc) is 2.36. The molecule has 0 bridgehead atoms. The van der Waals surface area contributed by atoms with Crippen LogP contribution in [0, 0.1) is 5.82 Å². The third-order valence-corrected chi connectivity index (χ3v) is 3.93. The minimum atomic E-state index is -0.344. The van der Waals surface area contributed by atoms with Crippen LogP contribution >= 0.6 is 0 Å². The first-order valence-corrected chi connectivity index (χ1v) is 6.70. The lowest BCUT2D eigenvalue weighted by Gasteiger charge is -2.26. The van der Waals surface area contributed by atoms with Gasteiger partial charge in [-0.2, -0.15) is 0 Å². The molecule has 98 valence electrons. The number of benzene rings is 1. The van der Waals surface area contributed by atoms with Gasteiger partial charge in [-0.3, -0.25) is 4.98 Å². The Bertz CT molecular complexity index is 578. The summed E-state index contributed by atoms with van der Waals surface area (Å²) >= 11 is 0. The summed E-state index contributed by atoms with van der Waals surface area (Å²) in [5.41, 5.74) is 9.30. The number of hydrogen-bond donors (Lipinski definition) is 1. The number of halogens is 1. The Morgan fingerprint density at radius 1 is 1.16 bits per heavy atom. The summed E-state index contributed by atoms with van der Waals surface area (Å²) in [6.45, 7) is 0. The summed E-state index contributed by atoms with van der Waals surface area (Å²) in [5, 5.41) is 0. The summed E-state index contributed by atoms with van der Waals surface area (Å²) < 4.78 is 13.2. The third-order valence-electron chi connectivity index (χ3n) is 3.93. The molecule has 1 unspecified atom stereocenters. The molecule has 1 aliphatic carbocycles. The van der Waals surface area contributed by atoms with Crippen molar-refractivity contribution in [3.8, 4) is 0 Å². The predicted octanol–water partition coefficient (Wildman–Crippen LogP) is 3.54. The maximum atomic E-state index is 13.2. The normalized spacial score (nSPS) is 16.9. The maximum absolute atomic E-state index is 13.2. The van der Waals surface area contributed by atoms with Gasteiger partial charge < -0.3 is 5.73 Å². The van der Waals surface area contributed by atoms with E-state index >= 15 is 0 Å². The molecule has 2 aromatic rings. The largest absolute Gasteiger partial charge is 0.320 e. The summed E-state index contributed by atoms with van der Waals surface area (Å²) in [4.78, 5) is 3.86. The van der Waals surface area contributed by atoms with Crippen molar-refractivity contribution in [2.75, 3.05) is 0 Å². The van der Waals surface area contributed by atoms with Gasteiger partial charge in [0.05, 0.1) is 12.2 Å².